The zero-order chi connectivity index (χ0) is 11.7. The summed E-state index contributed by atoms with van der Waals surface area (Å²) in [6.07, 6.45) is 1.13. The van der Waals surface area contributed by atoms with Crippen molar-refractivity contribution in [3.05, 3.63) is 0 Å². The summed E-state index contributed by atoms with van der Waals surface area (Å²) in [4.78, 5) is 24.3. The Morgan fingerprint density at radius 1 is 1.38 bits per heavy atom. The van der Waals surface area contributed by atoms with Gasteiger partial charge in [0, 0.05) is 13.1 Å². The molecule has 3 atom stereocenters. The molecule has 2 heterocycles. The number of aliphatic hydroxyl groups excluding tert-OH is 1. The average molecular weight is 228 g/mol. The van der Waals surface area contributed by atoms with Crippen LogP contribution in [-0.2, 0) is 9.59 Å². The molecule has 0 aromatic heterocycles. The van der Waals surface area contributed by atoms with E-state index in [9.17, 15) is 14.7 Å². The molecule has 2 rings (SSSR count). The van der Waals surface area contributed by atoms with Crippen molar-refractivity contribution in [1.82, 2.24) is 10.2 Å². The quantitative estimate of drug-likeness (QED) is 0.551. The highest BCUT2D eigenvalue weighted by atomic mass is 16.4. The number of likely N-dealkylation sites (tertiary alicyclic amines) is 1. The molecule has 1 unspecified atom stereocenters. The summed E-state index contributed by atoms with van der Waals surface area (Å²) in [7, 11) is 0. The van der Waals surface area contributed by atoms with Gasteiger partial charge in [-0.15, -0.1) is 0 Å². The number of β-amino-alcohol motifs (C(OH)–C–C–N with tert-alkyl or cyclic N) is 1. The number of carbonyl (C=O) groups excluding carboxylic acids is 1. The lowest BCUT2D eigenvalue weighted by Crippen LogP contribution is -2.48. The van der Waals surface area contributed by atoms with E-state index in [1.54, 1.807) is 0 Å². The number of carboxylic acid groups (broad SMARTS) is 1. The molecule has 0 bridgehead atoms. The number of hydrogen-bond donors (Lipinski definition) is 3. The summed E-state index contributed by atoms with van der Waals surface area (Å²) in [5, 5.41) is 21.2. The summed E-state index contributed by atoms with van der Waals surface area (Å²) in [6.45, 7) is 0.909. The van der Waals surface area contributed by atoms with Gasteiger partial charge in [0.25, 0.3) is 0 Å². The molecule has 1 amide bonds. The normalized spacial score (nSPS) is 34.3. The maximum Gasteiger partial charge on any atom is 0.326 e. The van der Waals surface area contributed by atoms with Crippen LogP contribution in [0.25, 0.3) is 0 Å². The lowest BCUT2D eigenvalue weighted by Gasteiger charge is -2.24. The van der Waals surface area contributed by atoms with E-state index in [0.717, 1.165) is 6.42 Å². The Bertz CT molecular complexity index is 307. The molecule has 2 aliphatic rings. The maximum atomic E-state index is 12.0. The van der Waals surface area contributed by atoms with E-state index in [1.807, 2.05) is 0 Å². The SMILES string of the molecule is O=C(O)[C@@H]1CCCN1C(=O)[C@@H]1CC(O)CN1. The first kappa shape index (κ1) is 11.3. The second-order valence-corrected chi connectivity index (χ2v) is 4.38. The van der Waals surface area contributed by atoms with Gasteiger partial charge in [-0.3, -0.25) is 4.79 Å². The van der Waals surface area contributed by atoms with Gasteiger partial charge < -0.3 is 20.4 Å². The van der Waals surface area contributed by atoms with Crippen molar-refractivity contribution in [3.63, 3.8) is 0 Å². The van der Waals surface area contributed by atoms with Crippen LogP contribution in [0.2, 0.25) is 0 Å². The molecule has 2 aliphatic heterocycles. The minimum atomic E-state index is -0.940. The number of nitrogens with zero attached hydrogens (tertiary/aromatic N) is 1. The Morgan fingerprint density at radius 3 is 2.69 bits per heavy atom. The molecule has 0 saturated carbocycles. The van der Waals surface area contributed by atoms with Crippen molar-refractivity contribution in [3.8, 4) is 0 Å². The van der Waals surface area contributed by atoms with Gasteiger partial charge in [-0.2, -0.15) is 0 Å². The summed E-state index contributed by atoms with van der Waals surface area (Å²) in [6, 6.07) is -1.11. The number of aliphatic carboxylic acids is 1. The van der Waals surface area contributed by atoms with Crippen molar-refractivity contribution < 1.29 is 19.8 Å². The third kappa shape index (κ3) is 2.03. The van der Waals surface area contributed by atoms with Gasteiger partial charge in [0.2, 0.25) is 5.91 Å². The number of hydrogen-bond acceptors (Lipinski definition) is 4. The van der Waals surface area contributed by atoms with E-state index in [4.69, 9.17) is 5.11 Å². The topological polar surface area (TPSA) is 89.9 Å². The van der Waals surface area contributed by atoms with Gasteiger partial charge in [0.1, 0.15) is 6.04 Å². The number of nitrogens with one attached hydrogen (secondary N) is 1. The van der Waals surface area contributed by atoms with E-state index in [0.29, 0.717) is 25.9 Å². The zero-order valence-corrected chi connectivity index (χ0v) is 8.93. The molecule has 6 nitrogen and oxygen atoms in total. The number of aliphatic hydroxyl groups is 1. The first-order valence-corrected chi connectivity index (χ1v) is 5.54. The largest absolute Gasteiger partial charge is 0.480 e. The van der Waals surface area contributed by atoms with Gasteiger partial charge in [-0.05, 0) is 19.3 Å². The molecule has 0 spiro atoms. The molecular formula is C10H16N2O4. The number of amides is 1. The molecule has 0 aromatic carbocycles. The first-order valence-electron chi connectivity index (χ1n) is 5.54. The van der Waals surface area contributed by atoms with Crippen LogP contribution < -0.4 is 5.32 Å². The zero-order valence-electron chi connectivity index (χ0n) is 8.93. The van der Waals surface area contributed by atoms with Crippen LogP contribution in [0.15, 0.2) is 0 Å². The third-order valence-electron chi connectivity index (χ3n) is 3.23. The first-order chi connectivity index (χ1) is 7.59. The molecule has 0 radical (unpaired) electrons. The minimum Gasteiger partial charge on any atom is -0.480 e. The predicted octanol–water partition coefficient (Wildman–Crippen LogP) is -1.22. The third-order valence-corrected chi connectivity index (χ3v) is 3.23. The number of carbonyl (C=O) groups is 2. The highest BCUT2D eigenvalue weighted by Gasteiger charge is 2.39. The molecule has 0 aromatic rings. The second-order valence-electron chi connectivity index (χ2n) is 4.38. The van der Waals surface area contributed by atoms with E-state index < -0.39 is 24.2 Å². The van der Waals surface area contributed by atoms with Gasteiger partial charge in [0.15, 0.2) is 0 Å². The molecular weight excluding hydrogens is 212 g/mol. The van der Waals surface area contributed by atoms with E-state index in [1.165, 1.54) is 4.90 Å². The van der Waals surface area contributed by atoms with Crippen molar-refractivity contribution in [2.24, 2.45) is 0 Å². The summed E-state index contributed by atoms with van der Waals surface area (Å²) in [5.74, 6) is -1.13. The minimum absolute atomic E-state index is 0.193. The Balaban J connectivity index is 2.01. The van der Waals surface area contributed by atoms with Gasteiger partial charge in [0.05, 0.1) is 12.1 Å². The Labute approximate surface area is 93.2 Å². The van der Waals surface area contributed by atoms with Crippen molar-refractivity contribution >= 4 is 11.9 Å². The monoisotopic (exact) mass is 228 g/mol. The molecule has 6 heteroatoms. The van der Waals surface area contributed by atoms with Gasteiger partial charge >= 0.3 is 5.97 Å². The smallest absolute Gasteiger partial charge is 0.326 e. The molecule has 0 aliphatic carbocycles. The highest BCUT2D eigenvalue weighted by Crippen LogP contribution is 2.20. The second kappa shape index (κ2) is 4.39. The van der Waals surface area contributed by atoms with Crippen molar-refractivity contribution in [1.29, 1.82) is 0 Å². The summed E-state index contributed by atoms with van der Waals surface area (Å²) < 4.78 is 0. The van der Waals surface area contributed by atoms with Crippen LogP contribution in [0.1, 0.15) is 19.3 Å². The van der Waals surface area contributed by atoms with Crippen molar-refractivity contribution in [2.75, 3.05) is 13.1 Å². The molecule has 90 valence electrons. The molecule has 2 fully saturated rings. The predicted molar refractivity (Wildman–Crippen MR) is 54.8 cm³/mol. The lowest BCUT2D eigenvalue weighted by atomic mass is 10.1. The van der Waals surface area contributed by atoms with Crippen molar-refractivity contribution in [2.45, 2.75) is 37.5 Å². The summed E-state index contributed by atoms with van der Waals surface area (Å²) >= 11 is 0. The van der Waals surface area contributed by atoms with Crippen LogP contribution in [0, 0.1) is 0 Å². The van der Waals surface area contributed by atoms with Crippen LogP contribution in [0.4, 0.5) is 0 Å². The van der Waals surface area contributed by atoms with E-state index >= 15 is 0 Å². The van der Waals surface area contributed by atoms with E-state index in [-0.39, 0.29) is 5.91 Å². The van der Waals surface area contributed by atoms with Crippen LogP contribution >= 0.6 is 0 Å². The standard InChI is InChI=1S/C10H16N2O4/c13-6-4-7(11-5-6)9(14)12-3-1-2-8(12)10(15)16/h6-8,11,13H,1-5H2,(H,15,16)/t6?,7-,8-/m0/s1. The number of rotatable bonds is 2. The van der Waals surface area contributed by atoms with Crippen LogP contribution in [-0.4, -0.2) is 58.3 Å². The Morgan fingerprint density at radius 2 is 2.12 bits per heavy atom. The fraction of sp³-hybridized carbons (Fsp3) is 0.800. The highest BCUT2D eigenvalue weighted by molar-refractivity contribution is 5.87. The average Bonchev–Trinajstić information content (AvgIpc) is 2.84. The van der Waals surface area contributed by atoms with Gasteiger partial charge in [-0.1, -0.05) is 0 Å². The Kier molecular flexibility index (Phi) is 3.11. The van der Waals surface area contributed by atoms with Gasteiger partial charge in [-0.25, -0.2) is 4.79 Å². The molecule has 16 heavy (non-hydrogen) atoms. The number of carboxylic acids is 1. The maximum absolute atomic E-state index is 12.0. The molecule has 3 N–H and O–H groups in total. The van der Waals surface area contributed by atoms with Crippen LogP contribution in [0.3, 0.4) is 0 Å². The Hall–Kier alpha value is -1.14. The fourth-order valence-corrected chi connectivity index (χ4v) is 2.39. The van der Waals surface area contributed by atoms with E-state index in [2.05, 4.69) is 5.32 Å². The molecule has 2 saturated heterocycles. The summed E-state index contributed by atoms with van der Waals surface area (Å²) in [5.41, 5.74) is 0. The fourth-order valence-electron chi connectivity index (χ4n) is 2.39. The lowest BCUT2D eigenvalue weighted by molar-refractivity contribution is -0.148. The van der Waals surface area contributed by atoms with Crippen LogP contribution in [0.5, 0.6) is 0 Å².